The van der Waals surface area contributed by atoms with Gasteiger partial charge in [0.1, 0.15) is 24.1 Å². The standard InChI is InChI=1S/C14H23N5O2/c1-3-6-16-11-9(2)12(17-7-8-21-14(15)20)19-13(18-11)10-4-5-10/h10H,3-8H2,1-2H3,(H2,15,20)(H2,16,17,18,19). The second-order valence-corrected chi connectivity index (χ2v) is 5.20. The molecule has 0 spiro atoms. The number of hydrogen-bond acceptors (Lipinski definition) is 6. The Kier molecular flexibility index (Phi) is 5.19. The molecule has 1 aliphatic rings. The van der Waals surface area contributed by atoms with Crippen LogP contribution in [0.5, 0.6) is 0 Å². The van der Waals surface area contributed by atoms with E-state index in [-0.39, 0.29) is 6.61 Å². The van der Waals surface area contributed by atoms with Crippen LogP contribution < -0.4 is 16.4 Å². The van der Waals surface area contributed by atoms with Crippen LogP contribution in [0.2, 0.25) is 0 Å². The van der Waals surface area contributed by atoms with Crippen molar-refractivity contribution in [3.63, 3.8) is 0 Å². The molecule has 2 rings (SSSR count). The van der Waals surface area contributed by atoms with Crippen molar-refractivity contribution in [1.29, 1.82) is 0 Å². The van der Waals surface area contributed by atoms with Gasteiger partial charge in [0.05, 0.1) is 6.54 Å². The first-order chi connectivity index (χ1) is 10.1. The van der Waals surface area contributed by atoms with Crippen LogP contribution in [0.3, 0.4) is 0 Å². The van der Waals surface area contributed by atoms with Crippen LogP contribution >= 0.6 is 0 Å². The first-order valence-electron chi connectivity index (χ1n) is 7.40. The summed E-state index contributed by atoms with van der Waals surface area (Å²) in [4.78, 5) is 19.7. The van der Waals surface area contributed by atoms with Crippen molar-refractivity contribution >= 4 is 17.7 Å². The Morgan fingerprint density at radius 3 is 2.43 bits per heavy atom. The summed E-state index contributed by atoms with van der Waals surface area (Å²) in [5.41, 5.74) is 5.91. The van der Waals surface area contributed by atoms with Gasteiger partial charge in [-0.3, -0.25) is 0 Å². The summed E-state index contributed by atoms with van der Waals surface area (Å²) in [5, 5.41) is 6.52. The highest BCUT2D eigenvalue weighted by Gasteiger charge is 2.28. The fourth-order valence-electron chi connectivity index (χ4n) is 1.97. The monoisotopic (exact) mass is 293 g/mol. The third kappa shape index (κ3) is 4.47. The van der Waals surface area contributed by atoms with Crippen molar-refractivity contribution in [3.8, 4) is 0 Å². The number of primary amides is 1. The van der Waals surface area contributed by atoms with Gasteiger partial charge in [-0.1, -0.05) is 6.92 Å². The highest BCUT2D eigenvalue weighted by Crippen LogP contribution is 2.39. The highest BCUT2D eigenvalue weighted by atomic mass is 16.5. The number of aromatic nitrogens is 2. The summed E-state index contributed by atoms with van der Waals surface area (Å²) in [6, 6.07) is 0. The molecule has 0 radical (unpaired) electrons. The number of rotatable bonds is 8. The van der Waals surface area contributed by atoms with E-state index in [9.17, 15) is 4.79 Å². The lowest BCUT2D eigenvalue weighted by Crippen LogP contribution is -2.19. The molecule has 1 aliphatic carbocycles. The van der Waals surface area contributed by atoms with E-state index in [0.717, 1.165) is 48.8 Å². The normalized spacial score (nSPS) is 13.8. The summed E-state index contributed by atoms with van der Waals surface area (Å²) < 4.78 is 4.71. The summed E-state index contributed by atoms with van der Waals surface area (Å²) in [5.74, 6) is 3.04. The van der Waals surface area contributed by atoms with Gasteiger partial charge in [-0.25, -0.2) is 14.8 Å². The minimum absolute atomic E-state index is 0.218. The molecule has 0 unspecified atom stereocenters. The van der Waals surface area contributed by atoms with Gasteiger partial charge in [0.25, 0.3) is 0 Å². The number of anilines is 2. The number of nitrogens with one attached hydrogen (secondary N) is 2. The zero-order valence-electron chi connectivity index (χ0n) is 12.6. The molecule has 1 aromatic rings. The number of hydrogen-bond donors (Lipinski definition) is 3. The molecule has 1 aromatic heterocycles. The smallest absolute Gasteiger partial charge is 0.404 e. The van der Waals surface area contributed by atoms with Crippen LogP contribution in [0.25, 0.3) is 0 Å². The molecular weight excluding hydrogens is 270 g/mol. The minimum atomic E-state index is -0.764. The van der Waals surface area contributed by atoms with Crippen LogP contribution in [0.4, 0.5) is 16.4 Å². The van der Waals surface area contributed by atoms with Crippen molar-refractivity contribution in [3.05, 3.63) is 11.4 Å². The molecule has 4 N–H and O–H groups in total. The minimum Gasteiger partial charge on any atom is -0.448 e. The Hall–Kier alpha value is -2.05. The fourth-order valence-corrected chi connectivity index (χ4v) is 1.97. The average Bonchev–Trinajstić information content (AvgIpc) is 3.28. The van der Waals surface area contributed by atoms with Gasteiger partial charge in [-0.2, -0.15) is 0 Å². The molecule has 1 amide bonds. The molecular formula is C14H23N5O2. The van der Waals surface area contributed by atoms with Crippen LogP contribution in [0, 0.1) is 6.92 Å². The molecule has 1 fully saturated rings. The van der Waals surface area contributed by atoms with E-state index in [4.69, 9.17) is 10.5 Å². The maximum absolute atomic E-state index is 10.5. The molecule has 0 bridgehead atoms. The topological polar surface area (TPSA) is 102 Å². The predicted octanol–water partition coefficient (Wildman–Crippen LogP) is 1.99. The highest BCUT2D eigenvalue weighted by molar-refractivity contribution is 5.64. The van der Waals surface area contributed by atoms with Crippen LogP contribution in [0.15, 0.2) is 0 Å². The zero-order chi connectivity index (χ0) is 15.2. The molecule has 0 aromatic carbocycles. The predicted molar refractivity (Wildman–Crippen MR) is 81.5 cm³/mol. The Morgan fingerprint density at radius 2 is 1.90 bits per heavy atom. The first-order valence-corrected chi connectivity index (χ1v) is 7.40. The number of ether oxygens (including phenoxy) is 1. The van der Waals surface area contributed by atoms with Crippen molar-refractivity contribution in [1.82, 2.24) is 9.97 Å². The molecule has 0 aliphatic heterocycles. The molecule has 116 valence electrons. The van der Waals surface area contributed by atoms with E-state index < -0.39 is 6.09 Å². The molecule has 1 heterocycles. The van der Waals surface area contributed by atoms with E-state index >= 15 is 0 Å². The number of carbonyl (C=O) groups is 1. The second kappa shape index (κ2) is 7.10. The molecule has 0 saturated heterocycles. The van der Waals surface area contributed by atoms with Gasteiger partial charge in [0.15, 0.2) is 0 Å². The molecule has 7 nitrogen and oxygen atoms in total. The van der Waals surface area contributed by atoms with Crippen LogP contribution in [0.1, 0.15) is 43.5 Å². The van der Waals surface area contributed by atoms with E-state index in [1.807, 2.05) is 6.92 Å². The lowest BCUT2D eigenvalue weighted by atomic mass is 10.2. The maximum Gasteiger partial charge on any atom is 0.404 e. The Balaban J connectivity index is 2.06. The number of nitrogens with two attached hydrogens (primary N) is 1. The van der Waals surface area contributed by atoms with Gasteiger partial charge in [0, 0.05) is 18.0 Å². The van der Waals surface area contributed by atoms with Gasteiger partial charge in [-0.15, -0.1) is 0 Å². The van der Waals surface area contributed by atoms with Crippen LogP contribution in [-0.4, -0.2) is 35.8 Å². The largest absolute Gasteiger partial charge is 0.448 e. The third-order valence-electron chi connectivity index (χ3n) is 3.29. The summed E-state index contributed by atoms with van der Waals surface area (Å²) in [7, 11) is 0. The maximum atomic E-state index is 10.5. The van der Waals surface area contributed by atoms with Gasteiger partial charge >= 0.3 is 6.09 Å². The van der Waals surface area contributed by atoms with Gasteiger partial charge in [-0.05, 0) is 26.2 Å². The van der Waals surface area contributed by atoms with Crippen molar-refractivity contribution < 1.29 is 9.53 Å². The Bertz CT molecular complexity index is 502. The molecule has 21 heavy (non-hydrogen) atoms. The van der Waals surface area contributed by atoms with Crippen molar-refractivity contribution in [2.75, 3.05) is 30.3 Å². The summed E-state index contributed by atoms with van der Waals surface area (Å²) in [6.45, 7) is 5.66. The third-order valence-corrected chi connectivity index (χ3v) is 3.29. The fraction of sp³-hybridized carbons (Fsp3) is 0.643. The SMILES string of the molecule is CCCNc1nc(C2CC2)nc(NCCOC(N)=O)c1C. The first kappa shape index (κ1) is 15.3. The average molecular weight is 293 g/mol. The summed E-state index contributed by atoms with van der Waals surface area (Å²) in [6.07, 6.45) is 2.58. The Morgan fingerprint density at radius 1 is 1.29 bits per heavy atom. The number of amides is 1. The van der Waals surface area contributed by atoms with E-state index in [1.54, 1.807) is 0 Å². The number of carbonyl (C=O) groups excluding carboxylic acids is 1. The molecule has 1 saturated carbocycles. The lowest BCUT2D eigenvalue weighted by molar-refractivity contribution is 0.161. The summed E-state index contributed by atoms with van der Waals surface area (Å²) >= 11 is 0. The Labute approximate surface area is 124 Å². The zero-order valence-corrected chi connectivity index (χ0v) is 12.6. The van der Waals surface area contributed by atoms with Gasteiger partial charge in [0.2, 0.25) is 0 Å². The van der Waals surface area contributed by atoms with Crippen molar-refractivity contribution in [2.24, 2.45) is 5.73 Å². The molecule has 0 atom stereocenters. The van der Waals surface area contributed by atoms with Crippen molar-refractivity contribution in [2.45, 2.75) is 39.0 Å². The van der Waals surface area contributed by atoms with E-state index in [2.05, 4.69) is 27.5 Å². The van der Waals surface area contributed by atoms with Crippen LogP contribution in [-0.2, 0) is 4.74 Å². The number of nitrogens with zero attached hydrogens (tertiary/aromatic N) is 2. The lowest BCUT2D eigenvalue weighted by Gasteiger charge is -2.14. The quantitative estimate of drug-likeness (QED) is 0.633. The van der Waals surface area contributed by atoms with Gasteiger partial charge < -0.3 is 21.1 Å². The van der Waals surface area contributed by atoms with E-state index in [0.29, 0.717) is 12.5 Å². The molecule has 7 heteroatoms. The van der Waals surface area contributed by atoms with E-state index in [1.165, 1.54) is 0 Å². The second-order valence-electron chi connectivity index (χ2n) is 5.20.